The van der Waals surface area contributed by atoms with Gasteiger partial charge in [-0.25, -0.2) is 0 Å². The molecule has 0 amide bonds. The minimum absolute atomic E-state index is 0.731. The molecular weight excluding hydrogens is 336 g/mol. The van der Waals surface area contributed by atoms with Gasteiger partial charge in [-0.3, -0.25) is 9.80 Å². The van der Waals surface area contributed by atoms with Crippen LogP contribution in [0, 0.1) is 12.3 Å². The van der Waals surface area contributed by atoms with Crippen LogP contribution in [0.15, 0.2) is 52.9 Å². The van der Waals surface area contributed by atoms with E-state index in [4.69, 9.17) is 15.6 Å². The average Bonchev–Trinajstić information content (AvgIpc) is 3.15. The summed E-state index contributed by atoms with van der Waals surface area (Å²) in [6.07, 6.45) is 5.44. The van der Waals surface area contributed by atoms with Gasteiger partial charge in [-0.05, 0) is 18.2 Å². The third-order valence-corrected chi connectivity index (χ3v) is 5.21. The van der Waals surface area contributed by atoms with Gasteiger partial charge in [0.05, 0.1) is 13.7 Å². The number of ether oxygens (including phenoxy) is 1. The SMILES string of the molecule is C#CCN1CCN(Cc2c(OC)ccc3oc(-c4ccccc4)cc23)CC1. The lowest BCUT2D eigenvalue weighted by Crippen LogP contribution is -2.45. The maximum Gasteiger partial charge on any atom is 0.135 e. The maximum atomic E-state index is 6.13. The molecule has 1 aliphatic heterocycles. The third-order valence-electron chi connectivity index (χ3n) is 5.21. The Labute approximate surface area is 160 Å². The van der Waals surface area contributed by atoms with Gasteiger partial charge in [0.2, 0.25) is 0 Å². The number of hydrogen-bond donors (Lipinski definition) is 0. The molecule has 1 fully saturated rings. The lowest BCUT2D eigenvalue weighted by Gasteiger charge is -2.34. The van der Waals surface area contributed by atoms with Crippen molar-refractivity contribution in [1.82, 2.24) is 9.80 Å². The van der Waals surface area contributed by atoms with Gasteiger partial charge >= 0.3 is 0 Å². The Bertz CT molecular complexity index is 948. The number of benzene rings is 2. The van der Waals surface area contributed by atoms with E-state index in [1.165, 1.54) is 5.56 Å². The van der Waals surface area contributed by atoms with E-state index in [0.717, 1.165) is 67.3 Å². The Morgan fingerprint density at radius 2 is 1.78 bits per heavy atom. The minimum atomic E-state index is 0.731. The van der Waals surface area contributed by atoms with Crippen molar-refractivity contribution in [1.29, 1.82) is 0 Å². The van der Waals surface area contributed by atoms with Crippen LogP contribution in [0.2, 0.25) is 0 Å². The summed E-state index contributed by atoms with van der Waals surface area (Å²) in [7, 11) is 1.73. The molecule has 0 bridgehead atoms. The van der Waals surface area contributed by atoms with Crippen molar-refractivity contribution < 1.29 is 9.15 Å². The van der Waals surface area contributed by atoms with E-state index >= 15 is 0 Å². The quantitative estimate of drug-likeness (QED) is 0.646. The van der Waals surface area contributed by atoms with E-state index in [-0.39, 0.29) is 0 Å². The predicted molar refractivity (Wildman–Crippen MR) is 109 cm³/mol. The number of hydrogen-bond acceptors (Lipinski definition) is 4. The summed E-state index contributed by atoms with van der Waals surface area (Å²) in [5.41, 5.74) is 3.17. The highest BCUT2D eigenvalue weighted by Gasteiger charge is 2.20. The van der Waals surface area contributed by atoms with Gasteiger partial charge in [-0.2, -0.15) is 0 Å². The molecular formula is C23H24N2O2. The van der Waals surface area contributed by atoms with Crippen LogP contribution in [0.3, 0.4) is 0 Å². The molecule has 2 heterocycles. The normalized spacial score (nSPS) is 15.7. The summed E-state index contributed by atoms with van der Waals surface area (Å²) in [6.45, 7) is 5.59. The second kappa shape index (κ2) is 7.87. The number of nitrogens with zero attached hydrogens (tertiary/aromatic N) is 2. The first-order valence-electron chi connectivity index (χ1n) is 9.31. The fourth-order valence-electron chi connectivity index (χ4n) is 3.71. The fourth-order valence-corrected chi connectivity index (χ4v) is 3.71. The molecule has 1 aliphatic rings. The standard InChI is InChI=1S/C23H24N2O2/c1-3-11-24-12-14-25(15-13-24)17-20-19-16-23(18-7-5-4-6-8-18)27-22(19)10-9-21(20)26-2/h1,4-10,16H,11-15,17H2,2H3. The second-order valence-electron chi connectivity index (χ2n) is 6.89. The molecule has 0 atom stereocenters. The largest absolute Gasteiger partial charge is 0.496 e. The predicted octanol–water partition coefficient (Wildman–Crippen LogP) is 3.86. The van der Waals surface area contributed by atoms with Gasteiger partial charge in [0.1, 0.15) is 17.1 Å². The zero-order valence-corrected chi connectivity index (χ0v) is 15.6. The van der Waals surface area contributed by atoms with E-state index in [9.17, 15) is 0 Å². The fraction of sp³-hybridized carbons (Fsp3) is 0.304. The van der Waals surface area contributed by atoms with E-state index in [1.54, 1.807) is 7.11 Å². The van der Waals surface area contributed by atoms with Gasteiger partial charge < -0.3 is 9.15 Å². The smallest absolute Gasteiger partial charge is 0.135 e. The zero-order valence-electron chi connectivity index (χ0n) is 15.6. The minimum Gasteiger partial charge on any atom is -0.496 e. The number of fused-ring (bicyclic) bond motifs is 1. The van der Waals surface area contributed by atoms with Crippen LogP contribution in [0.1, 0.15) is 5.56 Å². The third kappa shape index (κ3) is 3.71. The van der Waals surface area contributed by atoms with Crippen LogP contribution in [0.4, 0.5) is 0 Å². The van der Waals surface area contributed by atoms with Crippen LogP contribution >= 0.6 is 0 Å². The highest BCUT2D eigenvalue weighted by atomic mass is 16.5. The summed E-state index contributed by atoms with van der Waals surface area (Å²) in [4.78, 5) is 4.78. The average molecular weight is 360 g/mol. The Balaban J connectivity index is 1.63. The molecule has 0 radical (unpaired) electrons. The van der Waals surface area contributed by atoms with Crippen LogP contribution < -0.4 is 4.74 Å². The van der Waals surface area contributed by atoms with Gasteiger partial charge in [0.25, 0.3) is 0 Å². The summed E-state index contributed by atoms with van der Waals surface area (Å²) in [6, 6.07) is 16.3. The monoisotopic (exact) mass is 360 g/mol. The maximum absolute atomic E-state index is 6.13. The Hall–Kier alpha value is -2.74. The molecule has 0 N–H and O–H groups in total. The first-order chi connectivity index (χ1) is 13.3. The summed E-state index contributed by atoms with van der Waals surface area (Å²) in [5.74, 6) is 4.54. The van der Waals surface area contributed by atoms with Crippen molar-refractivity contribution >= 4 is 11.0 Å². The van der Waals surface area contributed by atoms with Crippen molar-refractivity contribution in [3.63, 3.8) is 0 Å². The second-order valence-corrected chi connectivity index (χ2v) is 6.89. The molecule has 0 saturated carbocycles. The number of furan rings is 1. The van der Waals surface area contributed by atoms with Gasteiger partial charge in [0, 0.05) is 49.2 Å². The molecule has 27 heavy (non-hydrogen) atoms. The number of piperazine rings is 1. The first kappa shape index (κ1) is 17.7. The van der Waals surface area contributed by atoms with Crippen molar-refractivity contribution in [2.45, 2.75) is 6.54 Å². The first-order valence-corrected chi connectivity index (χ1v) is 9.31. The molecule has 138 valence electrons. The molecule has 0 unspecified atom stereocenters. The van der Waals surface area contributed by atoms with Crippen molar-refractivity contribution in [3.8, 4) is 29.4 Å². The molecule has 2 aromatic carbocycles. The molecule has 4 rings (SSSR count). The summed E-state index contributed by atoms with van der Waals surface area (Å²) in [5, 5.41) is 1.12. The molecule has 4 nitrogen and oxygen atoms in total. The molecule has 3 aromatic rings. The van der Waals surface area contributed by atoms with E-state index in [1.807, 2.05) is 30.3 Å². The zero-order chi connectivity index (χ0) is 18.6. The lowest BCUT2D eigenvalue weighted by atomic mass is 10.1. The topological polar surface area (TPSA) is 28.9 Å². The molecule has 1 aromatic heterocycles. The summed E-state index contributed by atoms with van der Waals surface area (Å²) >= 11 is 0. The number of methoxy groups -OCH3 is 1. The number of rotatable bonds is 5. The van der Waals surface area contributed by atoms with E-state index < -0.39 is 0 Å². The lowest BCUT2D eigenvalue weighted by molar-refractivity contribution is 0.138. The van der Waals surface area contributed by atoms with Crippen molar-refractivity contribution in [2.75, 3.05) is 39.8 Å². The Morgan fingerprint density at radius 1 is 1.04 bits per heavy atom. The van der Waals surface area contributed by atoms with E-state index in [0.29, 0.717) is 0 Å². The van der Waals surface area contributed by atoms with Crippen LogP contribution in [-0.4, -0.2) is 49.6 Å². The van der Waals surface area contributed by atoms with Gasteiger partial charge in [0.15, 0.2) is 0 Å². The molecule has 1 saturated heterocycles. The van der Waals surface area contributed by atoms with E-state index in [2.05, 4.69) is 33.9 Å². The molecule has 0 spiro atoms. The number of terminal acetylenes is 1. The highest BCUT2D eigenvalue weighted by molar-refractivity contribution is 5.87. The van der Waals surface area contributed by atoms with Gasteiger partial charge in [-0.1, -0.05) is 36.3 Å². The van der Waals surface area contributed by atoms with Gasteiger partial charge in [-0.15, -0.1) is 6.42 Å². The van der Waals surface area contributed by atoms with Crippen molar-refractivity contribution in [3.05, 3.63) is 54.1 Å². The molecule has 4 heteroatoms. The Kier molecular flexibility index (Phi) is 5.15. The molecule has 0 aliphatic carbocycles. The Morgan fingerprint density at radius 3 is 2.48 bits per heavy atom. The summed E-state index contributed by atoms with van der Waals surface area (Å²) < 4.78 is 11.8. The highest BCUT2D eigenvalue weighted by Crippen LogP contribution is 2.35. The van der Waals surface area contributed by atoms with Crippen molar-refractivity contribution in [2.24, 2.45) is 0 Å². The van der Waals surface area contributed by atoms with Crippen LogP contribution in [0.5, 0.6) is 5.75 Å². The van der Waals surface area contributed by atoms with Crippen LogP contribution in [0.25, 0.3) is 22.3 Å². The van der Waals surface area contributed by atoms with Crippen LogP contribution in [-0.2, 0) is 6.54 Å².